The average molecular weight is 1340 g/mol. The number of phosphoric ester groups is 2. The highest BCUT2D eigenvalue weighted by molar-refractivity contribution is 7.47. The lowest BCUT2D eigenvalue weighted by Crippen LogP contribution is -2.30. The molecule has 2 unspecified atom stereocenters. The molecule has 540 valence electrons. The van der Waals surface area contributed by atoms with E-state index in [2.05, 4.69) is 34.6 Å². The number of aliphatic hydroxyl groups excluding tert-OH is 1. The van der Waals surface area contributed by atoms with Gasteiger partial charge in [0.2, 0.25) is 0 Å². The lowest BCUT2D eigenvalue weighted by Gasteiger charge is -2.21. The number of aliphatic hydroxyl groups is 1. The van der Waals surface area contributed by atoms with Crippen LogP contribution in [0.5, 0.6) is 0 Å². The molecule has 5 atom stereocenters. The molecule has 0 aromatic rings. The fraction of sp³-hybridized carbons (Fsp3) is 0.944. The SMILES string of the molecule is CCCCCCCCCCCCCCCCCCC(=O)O[C@H](COC(=O)CCCCCCCCCCCCCCC(C)C)COP(=O)(O)OC[C@@H](O)COP(=O)(O)OC[C@@H](COC(=O)CCCCCCC)OC(=O)CCCCCCCCCCCCCCCCC. The highest BCUT2D eigenvalue weighted by atomic mass is 31.2. The number of phosphoric acid groups is 2. The Morgan fingerprint density at radius 2 is 0.505 bits per heavy atom. The van der Waals surface area contributed by atoms with Gasteiger partial charge in [0.15, 0.2) is 12.2 Å². The van der Waals surface area contributed by atoms with Gasteiger partial charge < -0.3 is 33.8 Å². The van der Waals surface area contributed by atoms with E-state index in [0.717, 1.165) is 102 Å². The standard InChI is InChI=1S/C72H140O17P2/c1-6-9-12-15-17-19-21-23-25-27-29-35-39-43-48-53-58-72(77)89-68(62-83-70(75)56-51-46-41-37-33-31-30-32-36-40-45-49-54-65(4)5)64-87-91(80,81)85-60-66(73)59-84-90(78,79)86-63-67(61-82-69(74)55-50-44-14-11-8-3)88-71(76)57-52-47-42-38-34-28-26-24-22-20-18-16-13-10-7-2/h65-68,73H,6-64H2,1-5H3,(H,78,79)(H,80,81)/t66-,67+,68+/m0/s1. The zero-order valence-electron chi connectivity index (χ0n) is 59.0. The molecule has 0 bridgehead atoms. The van der Waals surface area contributed by atoms with Crippen LogP contribution < -0.4 is 0 Å². The third-order valence-electron chi connectivity index (χ3n) is 16.8. The second kappa shape index (κ2) is 65.4. The summed E-state index contributed by atoms with van der Waals surface area (Å²) in [5, 5.41) is 10.6. The molecular formula is C72H140O17P2. The molecule has 0 saturated heterocycles. The number of carbonyl (C=O) groups excluding carboxylic acids is 4. The number of carbonyl (C=O) groups is 4. The van der Waals surface area contributed by atoms with Crippen molar-refractivity contribution in [3.8, 4) is 0 Å². The van der Waals surface area contributed by atoms with Crippen LogP contribution in [0.1, 0.15) is 375 Å². The number of ether oxygens (including phenoxy) is 4. The summed E-state index contributed by atoms with van der Waals surface area (Å²) in [6, 6.07) is 0. The van der Waals surface area contributed by atoms with Gasteiger partial charge in [0, 0.05) is 25.7 Å². The van der Waals surface area contributed by atoms with Crippen molar-refractivity contribution in [1.82, 2.24) is 0 Å². The number of unbranched alkanes of at least 4 members (excludes halogenated alkanes) is 44. The second-order valence-corrected chi connectivity index (χ2v) is 29.4. The fourth-order valence-electron chi connectivity index (χ4n) is 11.0. The topological polar surface area (TPSA) is 237 Å². The Hall–Kier alpha value is -1.94. The molecule has 0 saturated carbocycles. The smallest absolute Gasteiger partial charge is 0.462 e. The van der Waals surface area contributed by atoms with Crippen molar-refractivity contribution in [3.63, 3.8) is 0 Å². The maximum absolute atomic E-state index is 13.0. The quantitative estimate of drug-likeness (QED) is 0.0222. The first-order valence-electron chi connectivity index (χ1n) is 37.6. The molecule has 0 amide bonds. The van der Waals surface area contributed by atoms with E-state index in [1.165, 1.54) is 193 Å². The second-order valence-electron chi connectivity index (χ2n) is 26.5. The van der Waals surface area contributed by atoms with E-state index in [-0.39, 0.29) is 25.7 Å². The van der Waals surface area contributed by atoms with Crippen LogP contribution >= 0.6 is 15.6 Å². The van der Waals surface area contributed by atoms with Crippen molar-refractivity contribution in [2.24, 2.45) is 5.92 Å². The van der Waals surface area contributed by atoms with Crippen molar-refractivity contribution in [1.29, 1.82) is 0 Å². The molecule has 0 aliphatic carbocycles. The maximum atomic E-state index is 13.0. The van der Waals surface area contributed by atoms with Crippen LogP contribution in [0.2, 0.25) is 0 Å². The van der Waals surface area contributed by atoms with Crippen LogP contribution in [0.15, 0.2) is 0 Å². The van der Waals surface area contributed by atoms with E-state index in [9.17, 15) is 43.2 Å². The summed E-state index contributed by atoms with van der Waals surface area (Å²) >= 11 is 0. The van der Waals surface area contributed by atoms with Gasteiger partial charge >= 0.3 is 39.5 Å². The van der Waals surface area contributed by atoms with Crippen LogP contribution in [-0.2, 0) is 65.4 Å². The third kappa shape index (κ3) is 66.5. The minimum absolute atomic E-state index is 0.107. The Labute approximate surface area is 556 Å². The summed E-state index contributed by atoms with van der Waals surface area (Å²) in [7, 11) is -9.89. The van der Waals surface area contributed by atoms with Crippen molar-refractivity contribution in [3.05, 3.63) is 0 Å². The zero-order chi connectivity index (χ0) is 67.0. The van der Waals surface area contributed by atoms with Crippen LogP contribution in [0, 0.1) is 5.92 Å². The molecule has 0 fully saturated rings. The zero-order valence-corrected chi connectivity index (χ0v) is 60.8. The largest absolute Gasteiger partial charge is 0.472 e. The Morgan fingerprint density at radius 3 is 0.747 bits per heavy atom. The van der Waals surface area contributed by atoms with Crippen molar-refractivity contribution in [2.45, 2.75) is 393 Å². The molecule has 19 heteroatoms. The summed E-state index contributed by atoms with van der Waals surface area (Å²) in [4.78, 5) is 72.4. The van der Waals surface area contributed by atoms with Gasteiger partial charge in [-0.25, -0.2) is 9.13 Å². The van der Waals surface area contributed by atoms with Gasteiger partial charge in [-0.2, -0.15) is 0 Å². The van der Waals surface area contributed by atoms with E-state index in [4.69, 9.17) is 37.0 Å². The summed E-state index contributed by atoms with van der Waals surface area (Å²) in [6.07, 6.45) is 53.0. The predicted octanol–water partition coefficient (Wildman–Crippen LogP) is 20.9. The number of hydrogen-bond donors (Lipinski definition) is 3. The van der Waals surface area contributed by atoms with Gasteiger partial charge in [-0.3, -0.25) is 37.3 Å². The van der Waals surface area contributed by atoms with Crippen LogP contribution in [0.25, 0.3) is 0 Å². The molecule has 0 aromatic heterocycles. The van der Waals surface area contributed by atoms with E-state index >= 15 is 0 Å². The molecule has 0 aliphatic rings. The van der Waals surface area contributed by atoms with Crippen molar-refractivity contribution < 1.29 is 80.2 Å². The summed E-state index contributed by atoms with van der Waals surface area (Å²) in [5.74, 6) is -1.35. The number of rotatable bonds is 72. The van der Waals surface area contributed by atoms with Gasteiger partial charge in [-0.05, 0) is 31.6 Å². The normalized spacial score (nSPS) is 14.0. The van der Waals surface area contributed by atoms with Crippen LogP contribution in [0.3, 0.4) is 0 Å². The number of hydrogen-bond acceptors (Lipinski definition) is 15. The van der Waals surface area contributed by atoms with Gasteiger partial charge in [0.05, 0.1) is 26.4 Å². The average Bonchev–Trinajstić information content (AvgIpc) is 3.59. The number of esters is 4. The van der Waals surface area contributed by atoms with Gasteiger partial charge in [0.1, 0.15) is 19.3 Å². The molecule has 0 aromatic carbocycles. The lowest BCUT2D eigenvalue weighted by molar-refractivity contribution is -0.161. The highest BCUT2D eigenvalue weighted by Gasteiger charge is 2.30. The highest BCUT2D eigenvalue weighted by Crippen LogP contribution is 2.45. The Kier molecular flexibility index (Phi) is 64.0. The molecule has 3 N–H and O–H groups in total. The van der Waals surface area contributed by atoms with E-state index in [1.807, 2.05) is 0 Å². The maximum Gasteiger partial charge on any atom is 0.472 e. The predicted molar refractivity (Wildman–Crippen MR) is 368 cm³/mol. The summed E-state index contributed by atoms with van der Waals surface area (Å²) in [5.41, 5.74) is 0. The fourth-order valence-corrected chi connectivity index (χ4v) is 12.6. The summed E-state index contributed by atoms with van der Waals surface area (Å²) in [6.45, 7) is 7.20. The first-order chi connectivity index (χ1) is 44.0. The molecule has 0 aliphatic heterocycles. The third-order valence-corrected chi connectivity index (χ3v) is 18.7. The van der Waals surface area contributed by atoms with Gasteiger partial charge in [-0.15, -0.1) is 0 Å². The monoisotopic (exact) mass is 1340 g/mol. The minimum Gasteiger partial charge on any atom is -0.462 e. The first-order valence-corrected chi connectivity index (χ1v) is 40.6. The van der Waals surface area contributed by atoms with E-state index in [0.29, 0.717) is 25.7 Å². The Balaban J connectivity index is 5.15. The van der Waals surface area contributed by atoms with Gasteiger partial charge in [-0.1, -0.05) is 324 Å². The molecule has 17 nitrogen and oxygen atoms in total. The molecule has 0 rings (SSSR count). The molecule has 0 radical (unpaired) electrons. The van der Waals surface area contributed by atoms with Crippen LogP contribution in [-0.4, -0.2) is 96.7 Å². The molecule has 91 heavy (non-hydrogen) atoms. The lowest BCUT2D eigenvalue weighted by atomic mass is 10.0. The van der Waals surface area contributed by atoms with Crippen molar-refractivity contribution in [2.75, 3.05) is 39.6 Å². The Morgan fingerprint density at radius 1 is 0.297 bits per heavy atom. The van der Waals surface area contributed by atoms with Gasteiger partial charge in [0.25, 0.3) is 0 Å². The van der Waals surface area contributed by atoms with Crippen molar-refractivity contribution >= 4 is 39.5 Å². The molecular weight excluding hydrogens is 1200 g/mol. The van der Waals surface area contributed by atoms with E-state index in [1.54, 1.807) is 0 Å². The van der Waals surface area contributed by atoms with Crippen LogP contribution in [0.4, 0.5) is 0 Å². The molecule has 0 spiro atoms. The Bertz CT molecular complexity index is 1750. The molecule has 0 heterocycles. The van der Waals surface area contributed by atoms with E-state index < -0.39 is 97.5 Å². The summed E-state index contributed by atoms with van der Waals surface area (Å²) < 4.78 is 68.2. The first kappa shape index (κ1) is 89.1. The minimum atomic E-state index is -4.95.